The second-order valence-corrected chi connectivity index (χ2v) is 7.73. The first-order valence-electron chi connectivity index (χ1n) is 6.66. The van der Waals surface area contributed by atoms with Crippen molar-refractivity contribution < 1.29 is 17.9 Å². The van der Waals surface area contributed by atoms with Crippen LogP contribution in [0.4, 0.5) is 4.39 Å². The van der Waals surface area contributed by atoms with Crippen molar-refractivity contribution in [3.05, 3.63) is 35.6 Å². The normalized spacial score (nSPS) is 21.3. The van der Waals surface area contributed by atoms with Gasteiger partial charge in [-0.25, -0.2) is 12.8 Å². The second-order valence-electron chi connectivity index (χ2n) is 5.81. The molecule has 1 saturated heterocycles. The van der Waals surface area contributed by atoms with E-state index < -0.39 is 27.5 Å². The lowest BCUT2D eigenvalue weighted by Gasteiger charge is -2.33. The van der Waals surface area contributed by atoms with Gasteiger partial charge in [-0.15, -0.1) is 0 Å². The number of aliphatic hydroxyl groups is 1. The smallest absolute Gasteiger partial charge is 0.218 e. The van der Waals surface area contributed by atoms with Crippen LogP contribution in [0.2, 0.25) is 0 Å². The molecule has 2 rings (SSSR count). The molecule has 0 aliphatic carbocycles. The van der Waals surface area contributed by atoms with Gasteiger partial charge in [0.25, 0.3) is 0 Å². The van der Waals surface area contributed by atoms with Crippen LogP contribution in [0.15, 0.2) is 24.3 Å². The van der Waals surface area contributed by atoms with Crippen LogP contribution in [0.3, 0.4) is 0 Å². The minimum Gasteiger partial charge on any atom is -0.389 e. The van der Waals surface area contributed by atoms with Gasteiger partial charge in [0.15, 0.2) is 0 Å². The van der Waals surface area contributed by atoms with Gasteiger partial charge in [0.2, 0.25) is 10.0 Å². The molecule has 1 aromatic carbocycles. The third-order valence-electron chi connectivity index (χ3n) is 3.61. The molecule has 4 nitrogen and oxygen atoms in total. The van der Waals surface area contributed by atoms with E-state index in [1.807, 2.05) is 0 Å². The zero-order chi connectivity index (χ0) is 15.0. The van der Waals surface area contributed by atoms with Crippen LogP contribution in [0.1, 0.15) is 32.3 Å². The molecule has 1 N–H and O–H groups in total. The number of hydrogen-bond donors (Lipinski definition) is 1. The standard InChI is InChI=1S/C14H20FNO3S/c1-14(2,17)13-7-4-8-16(13)20(18,19)10-11-5-3-6-12(15)9-11/h3,5-6,9,13,17H,4,7-8,10H2,1-2H3. The van der Waals surface area contributed by atoms with E-state index in [1.165, 1.54) is 22.5 Å². The van der Waals surface area contributed by atoms with Crippen molar-refractivity contribution in [2.75, 3.05) is 6.54 Å². The van der Waals surface area contributed by atoms with Crippen LogP contribution in [-0.2, 0) is 15.8 Å². The molecule has 0 spiro atoms. The van der Waals surface area contributed by atoms with E-state index >= 15 is 0 Å². The largest absolute Gasteiger partial charge is 0.389 e. The lowest BCUT2D eigenvalue weighted by molar-refractivity contribution is 0.0214. The van der Waals surface area contributed by atoms with Gasteiger partial charge in [-0.05, 0) is 44.4 Å². The summed E-state index contributed by atoms with van der Waals surface area (Å²) < 4.78 is 39.4. The monoisotopic (exact) mass is 301 g/mol. The summed E-state index contributed by atoms with van der Waals surface area (Å²) in [6.45, 7) is 3.65. The van der Waals surface area contributed by atoms with Crippen LogP contribution in [0.25, 0.3) is 0 Å². The van der Waals surface area contributed by atoms with E-state index in [0.29, 0.717) is 18.5 Å². The molecule has 6 heteroatoms. The maximum atomic E-state index is 13.1. The van der Waals surface area contributed by atoms with Gasteiger partial charge in [-0.1, -0.05) is 12.1 Å². The number of sulfonamides is 1. The highest BCUT2D eigenvalue weighted by molar-refractivity contribution is 7.88. The fourth-order valence-electron chi connectivity index (χ4n) is 2.70. The predicted octanol–water partition coefficient (Wildman–Crippen LogP) is 1.89. The molecule has 0 aromatic heterocycles. The van der Waals surface area contributed by atoms with Gasteiger partial charge >= 0.3 is 0 Å². The summed E-state index contributed by atoms with van der Waals surface area (Å²) in [5.41, 5.74) is -0.655. The Hall–Kier alpha value is -0.980. The second kappa shape index (κ2) is 5.42. The summed E-state index contributed by atoms with van der Waals surface area (Å²) in [5, 5.41) is 10.1. The number of hydrogen-bond acceptors (Lipinski definition) is 3. The fourth-order valence-corrected chi connectivity index (χ4v) is 4.62. The lowest BCUT2D eigenvalue weighted by atomic mass is 9.98. The van der Waals surface area contributed by atoms with Gasteiger partial charge in [0, 0.05) is 6.54 Å². The maximum Gasteiger partial charge on any atom is 0.218 e. The highest BCUT2D eigenvalue weighted by atomic mass is 32.2. The molecule has 1 aliphatic heterocycles. The molecular weight excluding hydrogens is 281 g/mol. The lowest BCUT2D eigenvalue weighted by Crippen LogP contribution is -2.48. The SMILES string of the molecule is CC(C)(O)C1CCCN1S(=O)(=O)Cc1cccc(F)c1. The molecule has 0 saturated carbocycles. The first-order valence-corrected chi connectivity index (χ1v) is 8.27. The van der Waals surface area contributed by atoms with Gasteiger partial charge in [-0.3, -0.25) is 0 Å². The van der Waals surface area contributed by atoms with Crippen molar-refractivity contribution in [1.82, 2.24) is 4.31 Å². The average molecular weight is 301 g/mol. The first-order chi connectivity index (χ1) is 9.20. The van der Waals surface area contributed by atoms with Gasteiger partial charge < -0.3 is 5.11 Å². The Labute approximate surface area is 119 Å². The van der Waals surface area contributed by atoms with E-state index in [-0.39, 0.29) is 5.75 Å². The topological polar surface area (TPSA) is 57.6 Å². The number of nitrogens with zero attached hydrogens (tertiary/aromatic N) is 1. The molecule has 1 aromatic rings. The van der Waals surface area contributed by atoms with E-state index in [2.05, 4.69) is 0 Å². The first kappa shape index (κ1) is 15.4. The van der Waals surface area contributed by atoms with E-state index in [0.717, 1.165) is 6.42 Å². The maximum absolute atomic E-state index is 13.1. The third kappa shape index (κ3) is 3.37. The van der Waals surface area contributed by atoms with Crippen molar-refractivity contribution in [3.8, 4) is 0 Å². The molecule has 0 bridgehead atoms. The molecule has 1 fully saturated rings. The Bertz CT molecular complexity index is 580. The van der Waals surface area contributed by atoms with Crippen molar-refractivity contribution >= 4 is 10.0 Å². The Kier molecular flexibility index (Phi) is 4.18. The van der Waals surface area contributed by atoms with Crippen molar-refractivity contribution in [2.45, 2.75) is 44.1 Å². The molecular formula is C14H20FNO3S. The Morgan fingerprint density at radius 2 is 2.15 bits per heavy atom. The molecule has 1 aliphatic rings. The molecule has 1 atom stereocenters. The van der Waals surface area contributed by atoms with Crippen LogP contribution in [-0.4, -0.2) is 36.0 Å². The molecule has 1 unspecified atom stereocenters. The van der Waals surface area contributed by atoms with Crippen molar-refractivity contribution in [2.24, 2.45) is 0 Å². The van der Waals surface area contributed by atoms with Crippen LogP contribution < -0.4 is 0 Å². The van der Waals surface area contributed by atoms with Crippen molar-refractivity contribution in [3.63, 3.8) is 0 Å². The van der Waals surface area contributed by atoms with Gasteiger partial charge in [0.1, 0.15) is 5.82 Å². The number of benzene rings is 1. The molecule has 1 heterocycles. The summed E-state index contributed by atoms with van der Waals surface area (Å²) in [5.74, 6) is -0.685. The van der Waals surface area contributed by atoms with Crippen molar-refractivity contribution in [1.29, 1.82) is 0 Å². The molecule has 0 amide bonds. The molecule has 112 valence electrons. The summed E-state index contributed by atoms with van der Waals surface area (Å²) in [6, 6.07) is 5.19. The summed E-state index contributed by atoms with van der Waals surface area (Å²) in [4.78, 5) is 0. The average Bonchev–Trinajstić information content (AvgIpc) is 2.77. The van der Waals surface area contributed by atoms with E-state index in [9.17, 15) is 17.9 Å². The Balaban J connectivity index is 2.22. The zero-order valence-electron chi connectivity index (χ0n) is 11.7. The zero-order valence-corrected chi connectivity index (χ0v) is 12.5. The van der Waals surface area contributed by atoms with E-state index in [1.54, 1.807) is 19.9 Å². The predicted molar refractivity (Wildman–Crippen MR) is 75.0 cm³/mol. The molecule has 0 radical (unpaired) electrons. The highest BCUT2D eigenvalue weighted by Crippen LogP contribution is 2.30. The summed E-state index contributed by atoms with van der Waals surface area (Å²) in [7, 11) is -3.56. The summed E-state index contributed by atoms with van der Waals surface area (Å²) in [6.07, 6.45) is 1.38. The van der Waals surface area contributed by atoms with Crippen LogP contribution in [0, 0.1) is 5.82 Å². The van der Waals surface area contributed by atoms with E-state index in [4.69, 9.17) is 0 Å². The minimum atomic E-state index is -3.56. The quantitative estimate of drug-likeness (QED) is 0.924. The Morgan fingerprint density at radius 3 is 2.75 bits per heavy atom. The van der Waals surface area contributed by atoms with Crippen LogP contribution >= 0.6 is 0 Å². The Morgan fingerprint density at radius 1 is 1.45 bits per heavy atom. The highest BCUT2D eigenvalue weighted by Gasteiger charge is 2.41. The van der Waals surface area contributed by atoms with Gasteiger partial charge in [0.05, 0.1) is 17.4 Å². The van der Waals surface area contributed by atoms with Gasteiger partial charge in [-0.2, -0.15) is 4.31 Å². The fraction of sp³-hybridized carbons (Fsp3) is 0.571. The number of halogens is 1. The van der Waals surface area contributed by atoms with Crippen LogP contribution in [0.5, 0.6) is 0 Å². The third-order valence-corrected chi connectivity index (χ3v) is 5.46. The summed E-state index contributed by atoms with van der Waals surface area (Å²) >= 11 is 0. The minimum absolute atomic E-state index is 0.239. The number of rotatable bonds is 4. The molecule has 20 heavy (non-hydrogen) atoms.